The molecule has 1 unspecified atom stereocenters. The molecule has 1 aromatic heterocycles. The first-order valence-electron chi connectivity index (χ1n) is 6.61. The molecule has 8 heteroatoms. The predicted molar refractivity (Wildman–Crippen MR) is 87.9 cm³/mol. The quantitative estimate of drug-likeness (QED) is 0.552. The number of carbonyl (C=O) groups is 1. The van der Waals surface area contributed by atoms with Gasteiger partial charge in [0.25, 0.3) is 0 Å². The second kappa shape index (κ2) is 8.30. The minimum absolute atomic E-state index is 0.115. The van der Waals surface area contributed by atoms with Crippen LogP contribution in [0.25, 0.3) is 0 Å². The number of aromatic nitrogens is 1. The van der Waals surface area contributed by atoms with Crippen LogP contribution in [-0.2, 0) is 29.1 Å². The zero-order chi connectivity index (χ0) is 16.8. The van der Waals surface area contributed by atoms with Gasteiger partial charge in [0.2, 0.25) is 0 Å². The molecule has 0 aliphatic heterocycles. The van der Waals surface area contributed by atoms with Crippen LogP contribution in [0.5, 0.6) is 0 Å². The Hall–Kier alpha value is -1.61. The Kier molecular flexibility index (Phi) is 6.40. The highest BCUT2D eigenvalue weighted by atomic mass is 79.9. The molecule has 1 aromatic carbocycles. The fourth-order valence-electron chi connectivity index (χ4n) is 1.94. The third-order valence-electron chi connectivity index (χ3n) is 3.04. The lowest BCUT2D eigenvalue weighted by Crippen LogP contribution is -2.25. The summed E-state index contributed by atoms with van der Waals surface area (Å²) in [6, 6.07) is 10.6. The van der Waals surface area contributed by atoms with E-state index in [1.165, 1.54) is 17.6 Å². The summed E-state index contributed by atoms with van der Waals surface area (Å²) in [5, 5.41) is 0. The fraction of sp³-hybridized carbons (Fsp3) is 0.200. The van der Waals surface area contributed by atoms with Crippen LogP contribution >= 0.6 is 15.9 Å². The summed E-state index contributed by atoms with van der Waals surface area (Å²) in [4.78, 5) is 15.5. The van der Waals surface area contributed by atoms with Crippen LogP contribution in [0.4, 0.5) is 0 Å². The topological polar surface area (TPSA) is 82.6 Å². The SMILES string of the molecule is COC(=O)c1ccc(CN(Cc2cccc(Br)c2)S(=O)[O-])nc1. The van der Waals surface area contributed by atoms with Crippen LogP contribution in [-0.4, -0.2) is 31.1 Å². The van der Waals surface area contributed by atoms with Crippen molar-refractivity contribution in [3.05, 3.63) is 63.9 Å². The first-order chi connectivity index (χ1) is 11.0. The van der Waals surface area contributed by atoms with Gasteiger partial charge in [-0.15, -0.1) is 0 Å². The number of halogens is 1. The number of hydrogen-bond acceptors (Lipinski definition) is 5. The van der Waals surface area contributed by atoms with Gasteiger partial charge in [0.15, 0.2) is 0 Å². The van der Waals surface area contributed by atoms with Crippen molar-refractivity contribution in [2.45, 2.75) is 13.1 Å². The van der Waals surface area contributed by atoms with E-state index in [0.29, 0.717) is 11.3 Å². The van der Waals surface area contributed by atoms with Gasteiger partial charge in [-0.25, -0.2) is 9.10 Å². The Balaban J connectivity index is 2.10. The summed E-state index contributed by atoms with van der Waals surface area (Å²) >= 11 is 0.965. The molecule has 23 heavy (non-hydrogen) atoms. The Morgan fingerprint density at radius 3 is 2.70 bits per heavy atom. The van der Waals surface area contributed by atoms with Crippen LogP contribution in [0.1, 0.15) is 21.6 Å². The second-order valence-corrected chi connectivity index (χ2v) is 6.54. The van der Waals surface area contributed by atoms with Crippen LogP contribution in [0.2, 0.25) is 0 Å². The molecular weight excluding hydrogens is 384 g/mol. The minimum Gasteiger partial charge on any atom is -0.760 e. The molecule has 1 atom stereocenters. The Labute approximate surface area is 145 Å². The molecule has 2 rings (SSSR count). The van der Waals surface area contributed by atoms with Gasteiger partial charge in [0, 0.05) is 28.5 Å². The molecule has 0 N–H and O–H groups in total. The smallest absolute Gasteiger partial charge is 0.339 e. The number of rotatable bonds is 6. The number of esters is 1. The molecule has 0 bridgehead atoms. The molecule has 0 amide bonds. The average molecular weight is 398 g/mol. The molecule has 1 heterocycles. The lowest BCUT2D eigenvalue weighted by atomic mass is 10.2. The first-order valence-corrected chi connectivity index (χ1v) is 8.44. The standard InChI is InChI=1S/C15H15BrN2O4S/c1-22-15(19)12-5-6-14(17-8-12)10-18(23(20)21)9-11-3-2-4-13(16)7-11/h2-8H,9-10H2,1H3,(H,20,21)/p-1. The summed E-state index contributed by atoms with van der Waals surface area (Å²) in [5.41, 5.74) is 1.71. The van der Waals surface area contributed by atoms with Crippen molar-refractivity contribution in [1.29, 1.82) is 0 Å². The van der Waals surface area contributed by atoms with Gasteiger partial charge in [0.05, 0.1) is 24.9 Å². The predicted octanol–water partition coefficient (Wildman–Crippen LogP) is 2.43. The van der Waals surface area contributed by atoms with Gasteiger partial charge < -0.3 is 9.29 Å². The third kappa shape index (κ3) is 5.21. The molecule has 0 fully saturated rings. The molecular formula is C15H14BrN2O4S-. The molecule has 2 aromatic rings. The van der Waals surface area contributed by atoms with E-state index >= 15 is 0 Å². The second-order valence-electron chi connectivity index (χ2n) is 4.67. The normalized spacial score (nSPS) is 12.2. The highest BCUT2D eigenvalue weighted by molar-refractivity contribution is 9.10. The van der Waals surface area contributed by atoms with Gasteiger partial charge >= 0.3 is 5.97 Å². The van der Waals surface area contributed by atoms with Gasteiger partial charge in [-0.05, 0) is 29.8 Å². The van der Waals surface area contributed by atoms with Crippen molar-refractivity contribution < 1.29 is 18.3 Å². The van der Waals surface area contributed by atoms with E-state index in [2.05, 4.69) is 25.7 Å². The van der Waals surface area contributed by atoms with Crippen molar-refractivity contribution in [2.24, 2.45) is 0 Å². The number of carbonyl (C=O) groups excluding carboxylic acids is 1. The van der Waals surface area contributed by atoms with E-state index in [4.69, 9.17) is 0 Å². The molecule has 0 saturated heterocycles. The van der Waals surface area contributed by atoms with Crippen molar-refractivity contribution in [3.8, 4) is 0 Å². The van der Waals surface area contributed by atoms with E-state index < -0.39 is 17.2 Å². The van der Waals surface area contributed by atoms with Crippen LogP contribution < -0.4 is 0 Å². The van der Waals surface area contributed by atoms with Gasteiger partial charge in [-0.2, -0.15) is 0 Å². The lowest BCUT2D eigenvalue weighted by molar-refractivity contribution is 0.0600. The molecule has 0 radical (unpaired) electrons. The van der Waals surface area contributed by atoms with E-state index in [1.54, 1.807) is 12.1 Å². The highest BCUT2D eigenvalue weighted by Crippen LogP contribution is 2.15. The number of hydrogen-bond donors (Lipinski definition) is 0. The molecule has 0 saturated carbocycles. The summed E-state index contributed by atoms with van der Waals surface area (Å²) < 4.78 is 29.6. The number of methoxy groups -OCH3 is 1. The van der Waals surface area contributed by atoms with Crippen molar-refractivity contribution in [3.63, 3.8) is 0 Å². The summed E-state index contributed by atoms with van der Waals surface area (Å²) in [7, 11) is 1.29. The Bertz CT molecular complexity index is 709. The maximum Gasteiger partial charge on any atom is 0.339 e. The van der Waals surface area contributed by atoms with Crippen molar-refractivity contribution >= 4 is 33.2 Å². The third-order valence-corrected chi connectivity index (χ3v) is 4.22. The van der Waals surface area contributed by atoms with E-state index in [-0.39, 0.29) is 13.1 Å². The van der Waals surface area contributed by atoms with Gasteiger partial charge in [-0.1, -0.05) is 28.1 Å². The van der Waals surface area contributed by atoms with E-state index in [1.807, 2.05) is 24.3 Å². The van der Waals surface area contributed by atoms with Gasteiger partial charge in [-0.3, -0.25) is 9.19 Å². The average Bonchev–Trinajstić information content (AvgIpc) is 2.54. The minimum atomic E-state index is -2.39. The summed E-state index contributed by atoms with van der Waals surface area (Å²) in [5.74, 6) is -0.484. The van der Waals surface area contributed by atoms with Crippen molar-refractivity contribution in [1.82, 2.24) is 9.29 Å². The first kappa shape index (κ1) is 17.7. The Morgan fingerprint density at radius 1 is 1.35 bits per heavy atom. The van der Waals surface area contributed by atoms with Crippen LogP contribution in [0, 0.1) is 0 Å². The van der Waals surface area contributed by atoms with Crippen LogP contribution in [0.15, 0.2) is 47.1 Å². The van der Waals surface area contributed by atoms with E-state index in [9.17, 15) is 13.6 Å². The fourth-order valence-corrected chi connectivity index (χ4v) is 2.88. The van der Waals surface area contributed by atoms with Crippen molar-refractivity contribution in [2.75, 3.05) is 7.11 Å². The lowest BCUT2D eigenvalue weighted by Gasteiger charge is -2.24. The molecule has 122 valence electrons. The molecule has 0 spiro atoms. The Morgan fingerprint density at radius 2 is 2.13 bits per heavy atom. The van der Waals surface area contributed by atoms with Gasteiger partial charge in [0.1, 0.15) is 0 Å². The summed E-state index contributed by atoms with van der Waals surface area (Å²) in [6.45, 7) is 0.347. The number of pyridine rings is 1. The number of nitrogens with zero attached hydrogens (tertiary/aromatic N) is 2. The number of ether oxygens (including phenoxy) is 1. The number of benzene rings is 1. The summed E-state index contributed by atoms with van der Waals surface area (Å²) in [6.07, 6.45) is 1.37. The maximum atomic E-state index is 11.4. The van der Waals surface area contributed by atoms with Crippen LogP contribution in [0.3, 0.4) is 0 Å². The van der Waals surface area contributed by atoms with E-state index in [0.717, 1.165) is 10.0 Å². The zero-order valence-electron chi connectivity index (χ0n) is 12.3. The largest absolute Gasteiger partial charge is 0.760 e. The molecule has 0 aliphatic carbocycles. The highest BCUT2D eigenvalue weighted by Gasteiger charge is 2.11. The zero-order valence-corrected chi connectivity index (χ0v) is 14.7. The molecule has 6 nitrogen and oxygen atoms in total. The maximum absolute atomic E-state index is 11.4. The monoisotopic (exact) mass is 397 g/mol. The molecule has 0 aliphatic rings.